The van der Waals surface area contributed by atoms with Gasteiger partial charge in [-0.1, -0.05) is 51.8 Å². The van der Waals surface area contributed by atoms with Crippen molar-refractivity contribution in [2.24, 2.45) is 5.41 Å². The van der Waals surface area contributed by atoms with Gasteiger partial charge in [-0.2, -0.15) is 0 Å². The van der Waals surface area contributed by atoms with Crippen LogP contribution in [-0.4, -0.2) is 22.4 Å². The molecule has 1 saturated carbocycles. The van der Waals surface area contributed by atoms with Crippen LogP contribution < -0.4 is 0 Å². The van der Waals surface area contributed by atoms with Gasteiger partial charge in [-0.05, 0) is 17.4 Å². The van der Waals surface area contributed by atoms with Crippen LogP contribution in [0.25, 0.3) is 0 Å². The monoisotopic (exact) mass is 308 g/mol. The zero-order valence-electron chi connectivity index (χ0n) is 7.89. The average Bonchev–Trinajstić information content (AvgIpc) is 2.49. The molecule has 0 unspecified atom stereocenters. The van der Waals surface area contributed by atoms with Gasteiger partial charge in [0.2, 0.25) is 0 Å². The van der Waals surface area contributed by atoms with Gasteiger partial charge in [0.25, 0.3) is 0 Å². The SMILES string of the molecule is CC1(C)[C@H](Br)C[C@H]2OCC=C2[C@@H]1Br. The summed E-state index contributed by atoms with van der Waals surface area (Å²) in [5.74, 6) is 0. The molecule has 0 amide bonds. The van der Waals surface area contributed by atoms with E-state index in [1.165, 1.54) is 5.57 Å². The van der Waals surface area contributed by atoms with Crippen molar-refractivity contribution in [1.29, 1.82) is 0 Å². The maximum atomic E-state index is 5.64. The smallest absolute Gasteiger partial charge is 0.0812 e. The first-order valence-corrected chi connectivity index (χ1v) is 6.46. The summed E-state index contributed by atoms with van der Waals surface area (Å²) in [5.41, 5.74) is 1.72. The predicted octanol–water partition coefficient (Wildman–Crippen LogP) is 3.27. The molecule has 0 aromatic carbocycles. The molecule has 1 heterocycles. The summed E-state index contributed by atoms with van der Waals surface area (Å²) in [4.78, 5) is 0.982. The molecule has 3 heteroatoms. The van der Waals surface area contributed by atoms with Gasteiger partial charge in [0.05, 0.1) is 12.7 Å². The second-order valence-electron chi connectivity index (χ2n) is 4.41. The molecule has 2 rings (SSSR count). The topological polar surface area (TPSA) is 9.23 Å². The summed E-state index contributed by atoms with van der Waals surface area (Å²) >= 11 is 7.53. The van der Waals surface area contributed by atoms with Crippen molar-refractivity contribution in [3.8, 4) is 0 Å². The Morgan fingerprint density at radius 3 is 2.85 bits per heavy atom. The molecule has 74 valence electrons. The Balaban J connectivity index is 2.28. The number of ether oxygens (including phenoxy) is 1. The van der Waals surface area contributed by atoms with E-state index in [0.717, 1.165) is 13.0 Å². The highest BCUT2D eigenvalue weighted by Crippen LogP contribution is 2.48. The number of rotatable bonds is 0. The van der Waals surface area contributed by atoms with Crippen LogP contribution in [0, 0.1) is 5.41 Å². The van der Waals surface area contributed by atoms with E-state index in [0.29, 0.717) is 15.8 Å². The lowest BCUT2D eigenvalue weighted by Crippen LogP contribution is -2.44. The quantitative estimate of drug-likeness (QED) is 0.493. The Morgan fingerprint density at radius 1 is 1.46 bits per heavy atom. The van der Waals surface area contributed by atoms with E-state index in [4.69, 9.17) is 4.74 Å². The molecule has 0 N–H and O–H groups in total. The lowest BCUT2D eigenvalue weighted by atomic mass is 9.74. The molecule has 0 aromatic heterocycles. The van der Waals surface area contributed by atoms with Gasteiger partial charge < -0.3 is 4.74 Å². The fourth-order valence-corrected chi connectivity index (χ4v) is 3.80. The molecule has 0 spiro atoms. The Morgan fingerprint density at radius 2 is 2.15 bits per heavy atom. The van der Waals surface area contributed by atoms with Crippen LogP contribution in [0.2, 0.25) is 0 Å². The number of alkyl halides is 2. The number of hydrogen-bond acceptors (Lipinski definition) is 1. The van der Waals surface area contributed by atoms with Gasteiger partial charge in [0.15, 0.2) is 0 Å². The van der Waals surface area contributed by atoms with Crippen LogP contribution in [0.4, 0.5) is 0 Å². The minimum atomic E-state index is 0.274. The van der Waals surface area contributed by atoms with Crippen molar-refractivity contribution in [3.63, 3.8) is 0 Å². The Labute approximate surface area is 96.2 Å². The molecule has 1 aliphatic heterocycles. The van der Waals surface area contributed by atoms with Gasteiger partial charge in [-0.3, -0.25) is 0 Å². The van der Waals surface area contributed by atoms with Crippen molar-refractivity contribution < 1.29 is 4.74 Å². The highest BCUT2D eigenvalue weighted by Gasteiger charge is 2.46. The maximum absolute atomic E-state index is 5.64. The van der Waals surface area contributed by atoms with Gasteiger partial charge in [-0.25, -0.2) is 0 Å². The second-order valence-corrected chi connectivity index (χ2v) is 6.43. The van der Waals surface area contributed by atoms with E-state index in [1.807, 2.05) is 0 Å². The van der Waals surface area contributed by atoms with Gasteiger partial charge in [-0.15, -0.1) is 0 Å². The normalized spacial score (nSPS) is 42.8. The third-order valence-electron chi connectivity index (χ3n) is 3.16. The summed E-state index contributed by atoms with van der Waals surface area (Å²) in [6.07, 6.45) is 3.67. The molecule has 1 aliphatic carbocycles. The third kappa shape index (κ3) is 1.53. The first-order valence-electron chi connectivity index (χ1n) is 4.63. The highest BCUT2D eigenvalue weighted by molar-refractivity contribution is 9.10. The molecule has 1 fully saturated rings. The highest BCUT2D eigenvalue weighted by atomic mass is 79.9. The van der Waals surface area contributed by atoms with E-state index in [1.54, 1.807) is 0 Å². The number of fused-ring (bicyclic) bond motifs is 1. The lowest BCUT2D eigenvalue weighted by molar-refractivity contribution is 0.0875. The largest absolute Gasteiger partial charge is 0.370 e. The molecule has 0 saturated heterocycles. The van der Waals surface area contributed by atoms with Crippen LogP contribution in [0.1, 0.15) is 20.3 Å². The van der Waals surface area contributed by atoms with Crippen molar-refractivity contribution in [1.82, 2.24) is 0 Å². The maximum Gasteiger partial charge on any atom is 0.0812 e. The zero-order valence-corrected chi connectivity index (χ0v) is 11.1. The number of halogens is 2. The minimum absolute atomic E-state index is 0.274. The van der Waals surface area contributed by atoms with E-state index in [-0.39, 0.29) is 5.41 Å². The summed E-state index contributed by atoms with van der Waals surface area (Å²) in [7, 11) is 0. The Bertz CT molecular complexity index is 247. The van der Waals surface area contributed by atoms with Crippen LogP contribution in [0.5, 0.6) is 0 Å². The standard InChI is InChI=1S/C10H14Br2O/c1-10(2)8(11)5-7-6(9(10)12)3-4-13-7/h3,7-9H,4-5H2,1-2H3/t7-,8-,9+/m1/s1. The minimum Gasteiger partial charge on any atom is -0.370 e. The molecule has 0 bridgehead atoms. The van der Waals surface area contributed by atoms with Crippen LogP contribution in [-0.2, 0) is 4.74 Å². The van der Waals surface area contributed by atoms with Crippen molar-refractivity contribution in [2.45, 2.75) is 36.0 Å². The lowest BCUT2D eigenvalue weighted by Gasteiger charge is -2.43. The third-order valence-corrected chi connectivity index (χ3v) is 6.42. The molecule has 13 heavy (non-hydrogen) atoms. The van der Waals surface area contributed by atoms with E-state index < -0.39 is 0 Å². The van der Waals surface area contributed by atoms with E-state index >= 15 is 0 Å². The summed E-state index contributed by atoms with van der Waals surface area (Å²) in [6.45, 7) is 5.38. The fourth-order valence-electron chi connectivity index (χ4n) is 2.04. The number of hydrogen-bond donors (Lipinski definition) is 0. The van der Waals surface area contributed by atoms with Crippen LogP contribution in [0.3, 0.4) is 0 Å². The van der Waals surface area contributed by atoms with Gasteiger partial charge >= 0.3 is 0 Å². The van der Waals surface area contributed by atoms with Gasteiger partial charge in [0.1, 0.15) is 0 Å². The van der Waals surface area contributed by atoms with E-state index in [2.05, 4.69) is 51.8 Å². The summed E-state index contributed by atoms with van der Waals surface area (Å²) < 4.78 is 5.64. The first-order chi connectivity index (χ1) is 6.03. The fraction of sp³-hybridized carbons (Fsp3) is 0.800. The molecular weight excluding hydrogens is 296 g/mol. The van der Waals surface area contributed by atoms with Crippen LogP contribution >= 0.6 is 31.9 Å². The second kappa shape index (κ2) is 3.35. The van der Waals surface area contributed by atoms with Crippen LogP contribution in [0.15, 0.2) is 11.6 Å². The zero-order chi connectivity index (χ0) is 9.64. The van der Waals surface area contributed by atoms with Crippen molar-refractivity contribution in [3.05, 3.63) is 11.6 Å². The molecule has 0 radical (unpaired) electrons. The summed E-state index contributed by atoms with van der Waals surface area (Å²) in [6, 6.07) is 0. The van der Waals surface area contributed by atoms with Crippen molar-refractivity contribution in [2.75, 3.05) is 6.61 Å². The summed E-state index contributed by atoms with van der Waals surface area (Å²) in [5, 5.41) is 0. The molecule has 0 aromatic rings. The predicted molar refractivity (Wildman–Crippen MR) is 61.7 cm³/mol. The molecule has 3 atom stereocenters. The van der Waals surface area contributed by atoms with Gasteiger partial charge in [0, 0.05) is 9.65 Å². The molecular formula is C10H14Br2O. The molecule has 1 nitrogen and oxygen atoms in total. The first kappa shape index (κ1) is 10.2. The molecule has 2 aliphatic rings. The van der Waals surface area contributed by atoms with Crippen molar-refractivity contribution >= 4 is 31.9 Å². The Kier molecular flexibility index (Phi) is 2.63. The van der Waals surface area contributed by atoms with E-state index in [9.17, 15) is 0 Å². The Hall–Kier alpha value is 0.660. The average molecular weight is 310 g/mol.